The van der Waals surface area contributed by atoms with E-state index in [2.05, 4.69) is 45.3 Å². The molecule has 8 heteroatoms. The Morgan fingerprint density at radius 2 is 1.65 bits per heavy atom. The minimum absolute atomic E-state index is 0.370. The molecule has 3 aromatic rings. The van der Waals surface area contributed by atoms with E-state index in [0.29, 0.717) is 11.2 Å². The summed E-state index contributed by atoms with van der Waals surface area (Å²) >= 11 is 0. The minimum atomic E-state index is -0.439. The van der Waals surface area contributed by atoms with E-state index in [1.165, 1.54) is 15.0 Å². The van der Waals surface area contributed by atoms with Gasteiger partial charge in [0, 0.05) is 12.6 Å². The molecule has 0 amide bonds. The van der Waals surface area contributed by atoms with E-state index in [1.807, 2.05) is 0 Å². The predicted octanol–water partition coefficient (Wildman–Crippen LogP) is -2.57. The molecular weight excluding hydrogens is 332 g/mol. The lowest BCUT2D eigenvalue weighted by atomic mass is 10.2. The van der Waals surface area contributed by atoms with Crippen molar-refractivity contribution in [2.24, 2.45) is 7.05 Å². The van der Waals surface area contributed by atoms with E-state index in [4.69, 9.17) is 0 Å². The van der Waals surface area contributed by atoms with Crippen molar-refractivity contribution in [3.63, 3.8) is 0 Å². The van der Waals surface area contributed by atoms with E-state index in [1.54, 1.807) is 11.9 Å². The van der Waals surface area contributed by atoms with Crippen LogP contribution in [0.3, 0.4) is 0 Å². The van der Waals surface area contributed by atoms with Crippen LogP contribution in [0.1, 0.15) is 11.4 Å². The fraction of sp³-hybridized carbons (Fsp3) is 0.389. The fourth-order valence-corrected chi connectivity index (χ4v) is 3.67. The summed E-state index contributed by atoms with van der Waals surface area (Å²) < 4.78 is 1.37. The average Bonchev–Trinajstić information content (AvgIpc) is 3.07. The number of quaternary nitrogens is 2. The first kappa shape index (κ1) is 16.7. The maximum absolute atomic E-state index is 11.9. The molecule has 8 nitrogen and oxygen atoms in total. The molecule has 0 unspecified atom stereocenters. The van der Waals surface area contributed by atoms with Crippen LogP contribution in [0.25, 0.3) is 11.2 Å². The Bertz CT molecular complexity index is 1010. The van der Waals surface area contributed by atoms with Gasteiger partial charge < -0.3 is 14.8 Å². The number of nitrogens with one attached hydrogen (secondary N) is 4. The molecule has 0 aliphatic carbocycles. The molecule has 4 rings (SSSR count). The maximum Gasteiger partial charge on any atom is 0.329 e. The number of fused-ring (bicyclic) bond motifs is 1. The van der Waals surface area contributed by atoms with Crippen LogP contribution >= 0.6 is 0 Å². The molecule has 0 radical (unpaired) electrons. The van der Waals surface area contributed by atoms with Gasteiger partial charge in [0.25, 0.3) is 5.56 Å². The highest BCUT2D eigenvalue weighted by molar-refractivity contribution is 5.69. The summed E-state index contributed by atoms with van der Waals surface area (Å²) in [6.45, 7) is 6.16. The first-order chi connectivity index (χ1) is 12.6. The predicted molar refractivity (Wildman–Crippen MR) is 97.2 cm³/mol. The topological polar surface area (TPSA) is 92.4 Å². The van der Waals surface area contributed by atoms with Crippen LogP contribution in [-0.4, -0.2) is 45.7 Å². The smallest absolute Gasteiger partial charge is 0.329 e. The zero-order chi connectivity index (χ0) is 18.1. The first-order valence-corrected chi connectivity index (χ1v) is 8.99. The van der Waals surface area contributed by atoms with Gasteiger partial charge in [-0.25, -0.2) is 9.78 Å². The van der Waals surface area contributed by atoms with Crippen molar-refractivity contribution in [3.05, 3.63) is 62.6 Å². The number of aryl methyl sites for hydroxylation is 1. The third-order valence-corrected chi connectivity index (χ3v) is 5.18. The first-order valence-electron chi connectivity index (χ1n) is 8.99. The van der Waals surface area contributed by atoms with Gasteiger partial charge in [0.1, 0.15) is 44.8 Å². The maximum atomic E-state index is 11.9. The van der Waals surface area contributed by atoms with Crippen LogP contribution in [0.15, 0.2) is 39.9 Å². The van der Waals surface area contributed by atoms with Crippen molar-refractivity contribution in [3.8, 4) is 0 Å². The van der Waals surface area contributed by atoms with Crippen molar-refractivity contribution in [2.75, 3.05) is 26.2 Å². The fourth-order valence-electron chi connectivity index (χ4n) is 3.67. The van der Waals surface area contributed by atoms with Gasteiger partial charge in [0.15, 0.2) is 11.5 Å². The highest BCUT2D eigenvalue weighted by atomic mass is 16.2. The van der Waals surface area contributed by atoms with Crippen molar-refractivity contribution in [1.29, 1.82) is 0 Å². The lowest BCUT2D eigenvalue weighted by molar-refractivity contribution is -1.02. The van der Waals surface area contributed by atoms with Gasteiger partial charge in [-0.2, -0.15) is 0 Å². The quantitative estimate of drug-likeness (QED) is 0.414. The molecule has 2 aromatic heterocycles. The molecule has 1 aromatic carbocycles. The summed E-state index contributed by atoms with van der Waals surface area (Å²) in [7, 11) is 1.61. The third kappa shape index (κ3) is 3.33. The number of hydrogen-bond acceptors (Lipinski definition) is 3. The van der Waals surface area contributed by atoms with Crippen molar-refractivity contribution in [2.45, 2.75) is 13.1 Å². The van der Waals surface area contributed by atoms with E-state index < -0.39 is 11.2 Å². The van der Waals surface area contributed by atoms with Gasteiger partial charge >= 0.3 is 5.69 Å². The molecule has 1 aliphatic heterocycles. The van der Waals surface area contributed by atoms with Gasteiger partial charge in [-0.15, -0.1) is 0 Å². The van der Waals surface area contributed by atoms with E-state index >= 15 is 0 Å². The van der Waals surface area contributed by atoms with Crippen molar-refractivity contribution >= 4 is 11.2 Å². The summed E-state index contributed by atoms with van der Waals surface area (Å²) in [6.07, 6.45) is 0. The zero-order valence-corrected chi connectivity index (χ0v) is 14.8. The number of imidazole rings is 1. The van der Waals surface area contributed by atoms with Gasteiger partial charge in [0.2, 0.25) is 0 Å². The summed E-state index contributed by atoms with van der Waals surface area (Å²) in [5.74, 6) is 0.758. The van der Waals surface area contributed by atoms with Crippen LogP contribution in [0.4, 0.5) is 0 Å². The summed E-state index contributed by atoms with van der Waals surface area (Å²) in [5.41, 5.74) is 1.32. The summed E-state index contributed by atoms with van der Waals surface area (Å²) in [6, 6.07) is 10.6. The van der Waals surface area contributed by atoms with E-state index in [-0.39, 0.29) is 0 Å². The second-order valence-corrected chi connectivity index (χ2v) is 7.04. The van der Waals surface area contributed by atoms with Crippen LogP contribution in [-0.2, 0) is 20.1 Å². The SMILES string of the molecule is Cn1c(=O)[nH]c(=O)c2[nH]c(C[NH+]3CC[NH+](Cc4ccccc4)CC3)nc21. The van der Waals surface area contributed by atoms with E-state index in [0.717, 1.165) is 45.1 Å². The molecule has 1 saturated heterocycles. The molecule has 136 valence electrons. The number of nitrogens with zero attached hydrogens (tertiary/aromatic N) is 2. The molecule has 0 saturated carbocycles. The monoisotopic (exact) mass is 356 g/mol. The second kappa shape index (κ2) is 6.89. The van der Waals surface area contributed by atoms with Crippen LogP contribution < -0.4 is 21.0 Å². The second-order valence-electron chi connectivity index (χ2n) is 7.04. The number of benzene rings is 1. The molecule has 4 N–H and O–H groups in total. The molecule has 3 heterocycles. The Kier molecular flexibility index (Phi) is 4.44. The highest BCUT2D eigenvalue weighted by Gasteiger charge is 2.24. The number of aromatic amines is 2. The number of hydrogen-bond donors (Lipinski definition) is 4. The number of piperazine rings is 1. The Balaban J connectivity index is 1.41. The lowest BCUT2D eigenvalue weighted by Crippen LogP contribution is -3.27. The Morgan fingerprint density at radius 1 is 1.00 bits per heavy atom. The van der Waals surface area contributed by atoms with Gasteiger partial charge in [-0.1, -0.05) is 30.3 Å². The summed E-state index contributed by atoms with van der Waals surface area (Å²) in [4.78, 5) is 36.5. The molecule has 0 atom stereocenters. The van der Waals surface area contributed by atoms with Crippen LogP contribution in [0, 0.1) is 0 Å². The largest absolute Gasteiger partial charge is 0.331 e. The standard InChI is InChI=1S/C18H22N6O2/c1-22-16-15(17(25)21-18(22)26)19-14(20-16)12-24-9-7-23(8-10-24)11-13-5-3-2-4-6-13/h2-6H,7-12H2,1H3,(H,19,20)(H,21,25,26)/p+2. The van der Waals surface area contributed by atoms with Crippen molar-refractivity contribution in [1.82, 2.24) is 19.5 Å². The number of aromatic nitrogens is 4. The Labute approximate surface area is 150 Å². The molecular formula is C18H24N6O2+2. The van der Waals surface area contributed by atoms with Gasteiger partial charge in [0.05, 0.1) is 0 Å². The van der Waals surface area contributed by atoms with Crippen molar-refractivity contribution < 1.29 is 9.80 Å². The number of rotatable bonds is 4. The number of H-pyrrole nitrogens is 2. The molecule has 0 spiro atoms. The average molecular weight is 356 g/mol. The van der Waals surface area contributed by atoms with Crippen LogP contribution in [0.5, 0.6) is 0 Å². The van der Waals surface area contributed by atoms with Crippen LogP contribution in [0.2, 0.25) is 0 Å². The molecule has 1 fully saturated rings. The highest BCUT2D eigenvalue weighted by Crippen LogP contribution is 2.02. The Morgan fingerprint density at radius 3 is 2.35 bits per heavy atom. The minimum Gasteiger partial charge on any atom is -0.331 e. The Hall–Kier alpha value is -2.71. The summed E-state index contributed by atoms with van der Waals surface area (Å²) in [5, 5.41) is 0. The lowest BCUT2D eigenvalue weighted by Gasteiger charge is -2.29. The molecule has 0 bridgehead atoms. The van der Waals surface area contributed by atoms with E-state index in [9.17, 15) is 9.59 Å². The van der Waals surface area contributed by atoms with Gasteiger partial charge in [-0.05, 0) is 0 Å². The molecule has 1 aliphatic rings. The van der Waals surface area contributed by atoms with Gasteiger partial charge in [-0.3, -0.25) is 14.3 Å². The molecule has 26 heavy (non-hydrogen) atoms. The normalized spacial score (nSPS) is 20.5. The zero-order valence-electron chi connectivity index (χ0n) is 14.8. The third-order valence-electron chi connectivity index (χ3n) is 5.18.